The molecule has 224 valence electrons. The maximum Gasteiger partial charge on any atom is 0.410 e. The standard InChI is InChI=1S/C31H38N4O7/c1-31(2,3)42-30(40)33-16-15-21(25(36)18-33)22-7-6-8-23-27(22)32(4)29(39)35(23)24-13-14-26(37)34(28(24)38)17-19-9-11-20(41-5)12-10-19/h6-12,21,24-25,36H,13-18H2,1-5H3/t21-,24?,25+/m1/s1. The van der Waals surface area contributed by atoms with Crippen LogP contribution in [-0.2, 0) is 27.9 Å². The van der Waals surface area contributed by atoms with E-state index in [0.29, 0.717) is 29.7 Å². The molecule has 0 spiro atoms. The van der Waals surface area contributed by atoms with Gasteiger partial charge in [-0.05, 0) is 62.9 Å². The Morgan fingerprint density at radius 3 is 2.40 bits per heavy atom. The Balaban J connectivity index is 1.43. The van der Waals surface area contributed by atoms with Gasteiger partial charge in [-0.3, -0.25) is 23.6 Å². The van der Waals surface area contributed by atoms with Gasteiger partial charge in [-0.2, -0.15) is 0 Å². The number of β-amino-alcohol motifs (C(OH)–C–C–N with tert-alkyl or cyclic N) is 1. The van der Waals surface area contributed by atoms with E-state index in [1.807, 2.05) is 12.1 Å². The molecule has 2 aromatic carbocycles. The number of aliphatic hydroxyl groups is 1. The number of fused-ring (bicyclic) bond motifs is 1. The number of hydrogen-bond acceptors (Lipinski definition) is 7. The fourth-order valence-electron chi connectivity index (χ4n) is 6.00. The molecule has 1 N–H and O–H groups in total. The van der Waals surface area contributed by atoms with Crippen LogP contribution in [0.1, 0.15) is 63.1 Å². The number of hydrogen-bond donors (Lipinski definition) is 1. The Morgan fingerprint density at radius 2 is 1.76 bits per heavy atom. The summed E-state index contributed by atoms with van der Waals surface area (Å²) in [5.74, 6) is -0.357. The second-order valence-corrected chi connectivity index (χ2v) is 12.0. The number of rotatable bonds is 5. The van der Waals surface area contributed by atoms with Gasteiger partial charge in [0.25, 0.3) is 5.91 Å². The summed E-state index contributed by atoms with van der Waals surface area (Å²) in [5, 5.41) is 11.1. The number of ether oxygens (including phenoxy) is 2. The molecule has 42 heavy (non-hydrogen) atoms. The fourth-order valence-corrected chi connectivity index (χ4v) is 6.00. The molecular weight excluding hydrogens is 540 g/mol. The number of imide groups is 1. The Kier molecular flexibility index (Phi) is 7.89. The molecule has 3 heterocycles. The average molecular weight is 579 g/mol. The maximum atomic E-state index is 13.7. The van der Waals surface area contributed by atoms with Crippen LogP contribution >= 0.6 is 0 Å². The van der Waals surface area contributed by atoms with E-state index < -0.39 is 29.7 Å². The van der Waals surface area contributed by atoms with Crippen molar-refractivity contribution in [2.24, 2.45) is 7.05 Å². The number of aryl methyl sites for hydroxylation is 1. The average Bonchev–Trinajstić information content (AvgIpc) is 3.20. The Hall–Kier alpha value is -4.12. The molecule has 3 amide bonds. The van der Waals surface area contributed by atoms with Crippen molar-refractivity contribution >= 4 is 28.9 Å². The van der Waals surface area contributed by atoms with Crippen LogP contribution in [0.5, 0.6) is 5.75 Å². The molecule has 2 saturated heterocycles. The minimum absolute atomic E-state index is 0.103. The third-order valence-electron chi connectivity index (χ3n) is 8.06. The van der Waals surface area contributed by atoms with E-state index in [1.165, 1.54) is 18.9 Å². The minimum Gasteiger partial charge on any atom is -0.497 e. The Bertz CT molecular complexity index is 1570. The van der Waals surface area contributed by atoms with Crippen LogP contribution in [0.2, 0.25) is 0 Å². The number of benzene rings is 2. The fraction of sp³-hybridized carbons (Fsp3) is 0.484. The molecule has 0 aliphatic carbocycles. The van der Waals surface area contributed by atoms with Crippen LogP contribution in [0.15, 0.2) is 47.3 Å². The Labute approximate surface area is 244 Å². The molecular formula is C31H38N4O7. The van der Waals surface area contributed by atoms with Crippen LogP contribution in [-0.4, -0.2) is 73.9 Å². The first-order chi connectivity index (χ1) is 19.9. The summed E-state index contributed by atoms with van der Waals surface area (Å²) in [6.07, 6.45) is -0.509. The first-order valence-electron chi connectivity index (χ1n) is 14.2. The predicted molar refractivity (Wildman–Crippen MR) is 155 cm³/mol. The number of aromatic nitrogens is 2. The summed E-state index contributed by atoms with van der Waals surface area (Å²) in [6, 6.07) is 11.8. The third kappa shape index (κ3) is 5.53. The molecule has 1 aromatic heterocycles. The lowest BCUT2D eigenvalue weighted by Crippen LogP contribution is -2.47. The van der Waals surface area contributed by atoms with Gasteiger partial charge in [-0.25, -0.2) is 9.59 Å². The van der Waals surface area contributed by atoms with E-state index in [9.17, 15) is 24.3 Å². The summed E-state index contributed by atoms with van der Waals surface area (Å²) < 4.78 is 13.7. The van der Waals surface area contributed by atoms with E-state index in [4.69, 9.17) is 9.47 Å². The van der Waals surface area contributed by atoms with Crippen LogP contribution in [0.4, 0.5) is 4.79 Å². The van der Waals surface area contributed by atoms with E-state index in [2.05, 4.69) is 0 Å². The highest BCUT2D eigenvalue weighted by Crippen LogP contribution is 2.35. The summed E-state index contributed by atoms with van der Waals surface area (Å²) >= 11 is 0. The largest absolute Gasteiger partial charge is 0.497 e. The van der Waals surface area contributed by atoms with Gasteiger partial charge in [0.05, 0.1) is 37.3 Å². The number of imidazole rings is 1. The number of carbonyl (C=O) groups is 3. The molecule has 3 atom stereocenters. The number of likely N-dealkylation sites (tertiary alicyclic amines) is 2. The molecule has 11 heteroatoms. The van der Waals surface area contributed by atoms with Crippen molar-refractivity contribution in [3.05, 3.63) is 64.1 Å². The van der Waals surface area contributed by atoms with Crippen LogP contribution in [0, 0.1) is 0 Å². The molecule has 0 bridgehead atoms. The maximum absolute atomic E-state index is 13.7. The van der Waals surface area contributed by atoms with Crippen molar-refractivity contribution in [3.63, 3.8) is 0 Å². The zero-order valence-corrected chi connectivity index (χ0v) is 24.7. The minimum atomic E-state index is -0.871. The Morgan fingerprint density at radius 1 is 1.05 bits per heavy atom. The van der Waals surface area contributed by atoms with Gasteiger partial charge in [0.2, 0.25) is 5.91 Å². The first kappa shape index (κ1) is 29.4. The lowest BCUT2D eigenvalue weighted by molar-refractivity contribution is -0.151. The molecule has 2 aliphatic rings. The molecule has 5 rings (SSSR count). The second-order valence-electron chi connectivity index (χ2n) is 12.0. The van der Waals surface area contributed by atoms with Crippen molar-refractivity contribution in [2.75, 3.05) is 20.2 Å². The first-order valence-corrected chi connectivity index (χ1v) is 14.2. The SMILES string of the molecule is COc1ccc(CN2C(=O)CCC(n3c(=O)n(C)c4c([C@H]5CCN(C(=O)OC(C)(C)C)C[C@@H]5O)cccc43)C2=O)cc1. The number of piperidine rings is 2. The number of methoxy groups -OCH3 is 1. The summed E-state index contributed by atoms with van der Waals surface area (Å²) in [5.41, 5.74) is 1.74. The number of nitrogens with zero attached hydrogens (tertiary/aromatic N) is 4. The second kappa shape index (κ2) is 11.3. The van der Waals surface area contributed by atoms with Crippen molar-refractivity contribution in [1.82, 2.24) is 18.9 Å². The number of amides is 3. The summed E-state index contributed by atoms with van der Waals surface area (Å²) in [6.45, 7) is 5.99. The number of aliphatic hydroxyl groups excluding tert-OH is 1. The number of carbonyl (C=O) groups excluding carboxylic acids is 3. The van der Waals surface area contributed by atoms with Crippen molar-refractivity contribution in [3.8, 4) is 5.75 Å². The lowest BCUT2D eigenvalue weighted by Gasteiger charge is -2.37. The molecule has 1 unspecified atom stereocenters. The highest BCUT2D eigenvalue weighted by molar-refractivity contribution is 6.00. The molecule has 11 nitrogen and oxygen atoms in total. The molecule has 0 saturated carbocycles. The van der Waals surface area contributed by atoms with Crippen LogP contribution < -0.4 is 10.4 Å². The highest BCUT2D eigenvalue weighted by atomic mass is 16.6. The molecule has 0 radical (unpaired) electrons. The van der Waals surface area contributed by atoms with Crippen LogP contribution in [0.25, 0.3) is 11.0 Å². The van der Waals surface area contributed by atoms with Gasteiger partial charge >= 0.3 is 11.8 Å². The van der Waals surface area contributed by atoms with E-state index in [-0.39, 0.29) is 43.4 Å². The van der Waals surface area contributed by atoms with Gasteiger partial charge in [-0.15, -0.1) is 0 Å². The van der Waals surface area contributed by atoms with Gasteiger partial charge in [0.15, 0.2) is 0 Å². The van der Waals surface area contributed by atoms with E-state index >= 15 is 0 Å². The number of para-hydroxylation sites is 1. The summed E-state index contributed by atoms with van der Waals surface area (Å²) in [7, 11) is 3.22. The smallest absolute Gasteiger partial charge is 0.410 e. The van der Waals surface area contributed by atoms with Crippen molar-refractivity contribution in [2.45, 2.75) is 70.2 Å². The van der Waals surface area contributed by atoms with Crippen molar-refractivity contribution in [1.29, 1.82) is 0 Å². The summed E-state index contributed by atoms with van der Waals surface area (Å²) in [4.78, 5) is 55.6. The van der Waals surface area contributed by atoms with Gasteiger partial charge in [0.1, 0.15) is 17.4 Å². The van der Waals surface area contributed by atoms with Gasteiger partial charge < -0.3 is 19.5 Å². The lowest BCUT2D eigenvalue weighted by atomic mass is 9.86. The van der Waals surface area contributed by atoms with E-state index in [0.717, 1.165) is 11.1 Å². The molecule has 3 aromatic rings. The topological polar surface area (TPSA) is 123 Å². The van der Waals surface area contributed by atoms with Gasteiger partial charge in [-0.1, -0.05) is 24.3 Å². The van der Waals surface area contributed by atoms with Gasteiger partial charge in [0, 0.05) is 25.9 Å². The van der Waals surface area contributed by atoms with E-state index in [1.54, 1.807) is 65.3 Å². The molecule has 2 aliphatic heterocycles. The normalized spacial score (nSPS) is 21.6. The molecule has 2 fully saturated rings. The quantitative estimate of drug-likeness (QED) is 0.461. The zero-order chi connectivity index (χ0) is 30.3. The third-order valence-corrected chi connectivity index (χ3v) is 8.06. The monoisotopic (exact) mass is 578 g/mol. The predicted octanol–water partition coefficient (Wildman–Crippen LogP) is 3.32. The highest BCUT2D eigenvalue weighted by Gasteiger charge is 2.39. The zero-order valence-electron chi connectivity index (χ0n) is 24.7. The van der Waals surface area contributed by atoms with Crippen molar-refractivity contribution < 1.29 is 29.0 Å². The van der Waals surface area contributed by atoms with Crippen LogP contribution in [0.3, 0.4) is 0 Å².